The summed E-state index contributed by atoms with van der Waals surface area (Å²) in [7, 11) is 0. The number of ketones is 1. The van der Waals surface area contributed by atoms with Crippen molar-refractivity contribution in [2.75, 3.05) is 11.9 Å². The molecule has 0 heterocycles. The normalized spacial score (nSPS) is 11.8. The smallest absolute Gasteiger partial charge is 0.238 e. The van der Waals surface area contributed by atoms with Gasteiger partial charge in [-0.3, -0.25) is 9.59 Å². The molecule has 2 N–H and O–H groups in total. The molecule has 0 spiro atoms. The van der Waals surface area contributed by atoms with Crippen LogP contribution in [0.2, 0.25) is 0 Å². The molecule has 0 radical (unpaired) electrons. The van der Waals surface area contributed by atoms with Gasteiger partial charge in [-0.25, -0.2) is 0 Å². The zero-order valence-electron chi connectivity index (χ0n) is 13.1. The SMILES string of the molecule is CC(=O)c1cccc(NC(=O)CNC(C)c2ccccc2Br)c1. The van der Waals surface area contributed by atoms with Crippen LogP contribution in [0.5, 0.6) is 0 Å². The van der Waals surface area contributed by atoms with E-state index in [9.17, 15) is 9.59 Å². The van der Waals surface area contributed by atoms with Crippen LogP contribution in [0.4, 0.5) is 5.69 Å². The van der Waals surface area contributed by atoms with Gasteiger partial charge in [-0.15, -0.1) is 0 Å². The van der Waals surface area contributed by atoms with Crippen molar-refractivity contribution in [3.8, 4) is 0 Å². The van der Waals surface area contributed by atoms with E-state index in [0.29, 0.717) is 11.3 Å². The predicted molar refractivity (Wildman–Crippen MR) is 95.6 cm³/mol. The second-order valence-electron chi connectivity index (χ2n) is 5.31. The first-order valence-electron chi connectivity index (χ1n) is 7.36. The summed E-state index contributed by atoms with van der Waals surface area (Å²) in [5, 5.41) is 5.98. The number of benzene rings is 2. The highest BCUT2D eigenvalue weighted by atomic mass is 79.9. The Morgan fingerprint density at radius 3 is 2.57 bits per heavy atom. The largest absolute Gasteiger partial charge is 0.325 e. The van der Waals surface area contributed by atoms with Gasteiger partial charge in [-0.1, -0.05) is 46.3 Å². The standard InChI is InChI=1S/C18H19BrN2O2/c1-12(16-8-3-4-9-17(16)19)20-11-18(23)21-15-7-5-6-14(10-15)13(2)22/h3-10,12,20H,11H2,1-2H3,(H,21,23). The fraction of sp³-hybridized carbons (Fsp3) is 0.222. The molecule has 0 fully saturated rings. The fourth-order valence-corrected chi connectivity index (χ4v) is 2.83. The highest BCUT2D eigenvalue weighted by Crippen LogP contribution is 2.22. The van der Waals surface area contributed by atoms with Crippen molar-refractivity contribution in [2.45, 2.75) is 19.9 Å². The van der Waals surface area contributed by atoms with E-state index in [-0.39, 0.29) is 24.3 Å². The van der Waals surface area contributed by atoms with Crippen molar-refractivity contribution in [3.05, 3.63) is 64.1 Å². The zero-order valence-corrected chi connectivity index (χ0v) is 14.7. The van der Waals surface area contributed by atoms with Crippen molar-refractivity contribution >= 4 is 33.3 Å². The van der Waals surface area contributed by atoms with Gasteiger partial charge in [-0.2, -0.15) is 0 Å². The lowest BCUT2D eigenvalue weighted by molar-refractivity contribution is -0.115. The van der Waals surface area contributed by atoms with E-state index in [2.05, 4.69) is 26.6 Å². The van der Waals surface area contributed by atoms with E-state index in [1.807, 2.05) is 31.2 Å². The third-order valence-corrected chi connectivity index (χ3v) is 4.22. The van der Waals surface area contributed by atoms with E-state index >= 15 is 0 Å². The van der Waals surface area contributed by atoms with Crippen LogP contribution >= 0.6 is 15.9 Å². The second kappa shape index (κ2) is 8.04. The average Bonchev–Trinajstić information content (AvgIpc) is 2.53. The monoisotopic (exact) mass is 374 g/mol. The third-order valence-electron chi connectivity index (χ3n) is 3.49. The Kier molecular flexibility index (Phi) is 6.07. The van der Waals surface area contributed by atoms with E-state index in [0.717, 1.165) is 10.0 Å². The van der Waals surface area contributed by atoms with E-state index in [4.69, 9.17) is 0 Å². The van der Waals surface area contributed by atoms with Gasteiger partial charge in [0.2, 0.25) is 5.91 Å². The Labute approximate surface area is 144 Å². The first-order valence-corrected chi connectivity index (χ1v) is 8.15. The Morgan fingerprint density at radius 1 is 1.13 bits per heavy atom. The molecule has 5 heteroatoms. The number of hydrogen-bond acceptors (Lipinski definition) is 3. The van der Waals surface area contributed by atoms with Gasteiger partial charge in [0, 0.05) is 21.8 Å². The molecule has 2 rings (SSSR count). The van der Waals surface area contributed by atoms with Crippen LogP contribution in [0.3, 0.4) is 0 Å². The molecular weight excluding hydrogens is 356 g/mol. The summed E-state index contributed by atoms with van der Waals surface area (Å²) in [6.45, 7) is 3.69. The van der Waals surface area contributed by atoms with Crippen LogP contribution in [0.25, 0.3) is 0 Å². The minimum absolute atomic E-state index is 0.0261. The molecule has 0 bridgehead atoms. The maximum atomic E-state index is 12.0. The van der Waals surface area contributed by atoms with Gasteiger partial charge in [0.1, 0.15) is 0 Å². The zero-order chi connectivity index (χ0) is 16.8. The summed E-state index contributed by atoms with van der Waals surface area (Å²) in [4.78, 5) is 23.4. The molecule has 0 aromatic heterocycles. The Bertz CT molecular complexity index is 716. The Hall–Kier alpha value is -1.98. The van der Waals surface area contributed by atoms with Crippen molar-refractivity contribution < 1.29 is 9.59 Å². The minimum atomic E-state index is -0.149. The maximum absolute atomic E-state index is 12.0. The molecule has 0 saturated heterocycles. The van der Waals surface area contributed by atoms with Gasteiger partial charge in [0.15, 0.2) is 5.78 Å². The van der Waals surface area contributed by atoms with Crippen molar-refractivity contribution in [2.24, 2.45) is 0 Å². The highest BCUT2D eigenvalue weighted by molar-refractivity contribution is 9.10. The molecule has 0 aliphatic carbocycles. The molecule has 0 aliphatic rings. The third kappa shape index (κ3) is 5.01. The average molecular weight is 375 g/mol. The number of anilines is 1. The summed E-state index contributed by atoms with van der Waals surface area (Å²) in [5.74, 6) is -0.175. The Balaban J connectivity index is 1.91. The van der Waals surface area contributed by atoms with Crippen molar-refractivity contribution in [3.63, 3.8) is 0 Å². The first-order chi connectivity index (χ1) is 11.0. The molecule has 23 heavy (non-hydrogen) atoms. The molecule has 0 aliphatic heterocycles. The molecule has 1 atom stereocenters. The number of rotatable bonds is 6. The number of hydrogen-bond donors (Lipinski definition) is 2. The first kappa shape index (κ1) is 17.4. The lowest BCUT2D eigenvalue weighted by Crippen LogP contribution is -2.30. The van der Waals surface area contributed by atoms with Gasteiger partial charge >= 0.3 is 0 Å². The molecule has 2 aromatic carbocycles. The van der Waals surface area contributed by atoms with E-state index in [1.165, 1.54) is 6.92 Å². The number of amides is 1. The lowest BCUT2D eigenvalue weighted by Gasteiger charge is -2.15. The molecule has 0 saturated carbocycles. The molecule has 4 nitrogen and oxygen atoms in total. The Morgan fingerprint density at radius 2 is 1.87 bits per heavy atom. The van der Waals surface area contributed by atoms with Crippen LogP contribution in [0, 0.1) is 0 Å². The molecule has 1 unspecified atom stereocenters. The van der Waals surface area contributed by atoms with Gasteiger partial charge in [-0.05, 0) is 37.6 Å². The summed E-state index contributed by atoms with van der Waals surface area (Å²) in [6, 6.07) is 14.9. The molecular formula is C18H19BrN2O2. The highest BCUT2D eigenvalue weighted by Gasteiger charge is 2.10. The summed E-state index contributed by atoms with van der Waals surface area (Å²) >= 11 is 3.51. The number of carbonyl (C=O) groups is 2. The van der Waals surface area contributed by atoms with Crippen LogP contribution in [-0.2, 0) is 4.79 Å². The summed E-state index contributed by atoms with van der Waals surface area (Å²) < 4.78 is 1.01. The van der Waals surface area contributed by atoms with E-state index < -0.39 is 0 Å². The fourth-order valence-electron chi connectivity index (χ4n) is 2.20. The minimum Gasteiger partial charge on any atom is -0.325 e. The lowest BCUT2D eigenvalue weighted by atomic mass is 10.1. The van der Waals surface area contributed by atoms with Gasteiger partial charge in [0.25, 0.3) is 0 Å². The topological polar surface area (TPSA) is 58.2 Å². The summed E-state index contributed by atoms with van der Waals surface area (Å²) in [6.07, 6.45) is 0. The van der Waals surface area contributed by atoms with Crippen LogP contribution in [-0.4, -0.2) is 18.2 Å². The number of halogens is 1. The van der Waals surface area contributed by atoms with Crippen LogP contribution in [0.1, 0.15) is 35.8 Å². The predicted octanol–water partition coefficient (Wildman–Crippen LogP) is 3.94. The number of carbonyl (C=O) groups excluding carboxylic acids is 2. The molecule has 2 aromatic rings. The second-order valence-corrected chi connectivity index (χ2v) is 6.16. The molecule has 1 amide bonds. The van der Waals surface area contributed by atoms with Crippen LogP contribution < -0.4 is 10.6 Å². The molecule has 120 valence electrons. The number of Topliss-reactive ketones (excluding diaryl/α,β-unsaturated/α-hetero) is 1. The van der Waals surface area contributed by atoms with Crippen LogP contribution in [0.15, 0.2) is 53.0 Å². The van der Waals surface area contributed by atoms with Gasteiger partial charge in [0.05, 0.1) is 6.54 Å². The summed E-state index contributed by atoms with van der Waals surface area (Å²) in [5.41, 5.74) is 2.30. The van der Waals surface area contributed by atoms with Crippen molar-refractivity contribution in [1.29, 1.82) is 0 Å². The maximum Gasteiger partial charge on any atom is 0.238 e. The van der Waals surface area contributed by atoms with Gasteiger partial charge < -0.3 is 10.6 Å². The van der Waals surface area contributed by atoms with E-state index in [1.54, 1.807) is 24.3 Å². The quantitative estimate of drug-likeness (QED) is 0.752. The van der Waals surface area contributed by atoms with Crippen molar-refractivity contribution in [1.82, 2.24) is 5.32 Å². The number of nitrogens with one attached hydrogen (secondary N) is 2.